The zero-order valence-corrected chi connectivity index (χ0v) is 12.4. The van der Waals surface area contributed by atoms with Crippen LogP contribution in [0.25, 0.3) is 11.0 Å². The van der Waals surface area contributed by atoms with Crippen LogP contribution in [0.1, 0.15) is 36.2 Å². The van der Waals surface area contributed by atoms with Gasteiger partial charge in [-0.05, 0) is 36.6 Å². The number of furan rings is 1. The Balaban J connectivity index is 2.05. The molecule has 0 saturated carbocycles. The van der Waals surface area contributed by atoms with Gasteiger partial charge in [0.1, 0.15) is 17.4 Å². The average molecular weight is 287 g/mol. The molecule has 2 aromatic heterocycles. The van der Waals surface area contributed by atoms with E-state index in [0.717, 1.165) is 40.3 Å². The van der Waals surface area contributed by atoms with Crippen molar-refractivity contribution in [1.82, 2.24) is 14.9 Å². The van der Waals surface area contributed by atoms with Crippen molar-refractivity contribution in [2.75, 3.05) is 6.54 Å². The second-order valence-corrected chi connectivity index (χ2v) is 5.40. The van der Waals surface area contributed by atoms with Crippen molar-refractivity contribution in [2.24, 2.45) is 0 Å². The zero-order chi connectivity index (χ0) is 13.9. The first-order valence-electron chi connectivity index (χ1n) is 6.86. The number of aryl methyl sites for hydroxylation is 1. The molecule has 4 nitrogen and oxygen atoms in total. The normalized spacial score (nSPS) is 12.9. The maximum Gasteiger partial charge on any atom is 0.134 e. The van der Waals surface area contributed by atoms with Crippen LogP contribution in [0.2, 0.25) is 0 Å². The molecule has 104 valence electrons. The summed E-state index contributed by atoms with van der Waals surface area (Å²) >= 11 is 1.44. The van der Waals surface area contributed by atoms with Gasteiger partial charge in [-0.2, -0.15) is 0 Å². The highest BCUT2D eigenvalue weighted by Crippen LogP contribution is 2.31. The molecule has 0 amide bonds. The van der Waals surface area contributed by atoms with Crippen molar-refractivity contribution >= 4 is 22.5 Å². The molecule has 5 heteroatoms. The van der Waals surface area contributed by atoms with E-state index in [-0.39, 0.29) is 6.04 Å². The van der Waals surface area contributed by atoms with Crippen molar-refractivity contribution < 1.29 is 4.42 Å². The summed E-state index contributed by atoms with van der Waals surface area (Å²) in [6.45, 7) is 5.06. The van der Waals surface area contributed by atoms with E-state index in [1.165, 1.54) is 11.5 Å². The van der Waals surface area contributed by atoms with Crippen LogP contribution in [0.3, 0.4) is 0 Å². The van der Waals surface area contributed by atoms with Crippen LogP contribution in [0, 0.1) is 0 Å². The van der Waals surface area contributed by atoms with Crippen LogP contribution < -0.4 is 5.32 Å². The van der Waals surface area contributed by atoms with Gasteiger partial charge in [-0.3, -0.25) is 0 Å². The lowest BCUT2D eigenvalue weighted by Crippen LogP contribution is -2.21. The maximum absolute atomic E-state index is 5.99. The van der Waals surface area contributed by atoms with Crippen molar-refractivity contribution in [3.8, 4) is 0 Å². The van der Waals surface area contributed by atoms with Crippen LogP contribution in [-0.4, -0.2) is 16.1 Å². The van der Waals surface area contributed by atoms with E-state index < -0.39 is 0 Å². The van der Waals surface area contributed by atoms with Crippen LogP contribution in [0.15, 0.2) is 34.7 Å². The zero-order valence-electron chi connectivity index (χ0n) is 11.6. The van der Waals surface area contributed by atoms with E-state index in [4.69, 9.17) is 4.42 Å². The molecule has 0 bridgehead atoms. The van der Waals surface area contributed by atoms with Crippen LogP contribution in [-0.2, 0) is 6.42 Å². The van der Waals surface area contributed by atoms with Crippen LogP contribution in [0.5, 0.6) is 0 Å². The molecule has 1 unspecified atom stereocenters. The number of aromatic nitrogens is 2. The van der Waals surface area contributed by atoms with E-state index >= 15 is 0 Å². The third-order valence-electron chi connectivity index (χ3n) is 3.32. The molecule has 20 heavy (non-hydrogen) atoms. The topological polar surface area (TPSA) is 51.0 Å². The van der Waals surface area contributed by atoms with Gasteiger partial charge in [0.25, 0.3) is 0 Å². The first-order chi connectivity index (χ1) is 9.83. The number of nitrogens with zero attached hydrogens (tertiary/aromatic N) is 2. The van der Waals surface area contributed by atoms with Crippen LogP contribution in [0.4, 0.5) is 0 Å². The predicted octanol–water partition coefficient (Wildman–Crippen LogP) is 3.55. The summed E-state index contributed by atoms with van der Waals surface area (Å²) in [5.41, 5.74) is 1.96. The fraction of sp³-hybridized carbons (Fsp3) is 0.333. The van der Waals surface area contributed by atoms with E-state index in [1.54, 1.807) is 0 Å². The summed E-state index contributed by atoms with van der Waals surface area (Å²) in [5, 5.41) is 8.80. The number of rotatable bonds is 5. The molecule has 0 fully saturated rings. The lowest BCUT2D eigenvalue weighted by molar-refractivity contribution is 0.479. The highest BCUT2D eigenvalue weighted by atomic mass is 32.1. The third kappa shape index (κ3) is 2.34. The summed E-state index contributed by atoms with van der Waals surface area (Å²) < 4.78 is 10.1. The third-order valence-corrected chi connectivity index (χ3v) is 4.15. The lowest BCUT2D eigenvalue weighted by Gasteiger charge is -2.14. The molecule has 2 heterocycles. The minimum absolute atomic E-state index is 0.0300. The largest absolute Gasteiger partial charge is 0.459 e. The van der Waals surface area contributed by atoms with Gasteiger partial charge in [0.2, 0.25) is 0 Å². The Morgan fingerprint density at radius 3 is 2.90 bits per heavy atom. The molecule has 0 aliphatic heterocycles. The summed E-state index contributed by atoms with van der Waals surface area (Å²) in [7, 11) is 0. The van der Waals surface area contributed by atoms with Crippen molar-refractivity contribution in [3.05, 3.63) is 46.7 Å². The Bertz CT molecular complexity index is 671. The fourth-order valence-corrected chi connectivity index (χ4v) is 3.17. The summed E-state index contributed by atoms with van der Waals surface area (Å²) in [4.78, 5) is 1.15. The second-order valence-electron chi connectivity index (χ2n) is 4.61. The van der Waals surface area contributed by atoms with Gasteiger partial charge in [-0.25, -0.2) is 0 Å². The first-order valence-corrected chi connectivity index (χ1v) is 7.63. The number of hydrogen-bond donors (Lipinski definition) is 1. The minimum Gasteiger partial charge on any atom is -0.459 e. The summed E-state index contributed by atoms with van der Waals surface area (Å²) in [6.07, 6.45) is 0.883. The molecule has 1 N–H and O–H groups in total. The molecule has 1 aromatic carbocycles. The first kappa shape index (κ1) is 13.3. The van der Waals surface area contributed by atoms with Crippen molar-refractivity contribution in [3.63, 3.8) is 0 Å². The van der Waals surface area contributed by atoms with E-state index in [1.807, 2.05) is 18.2 Å². The predicted molar refractivity (Wildman–Crippen MR) is 81.0 cm³/mol. The highest BCUT2D eigenvalue weighted by molar-refractivity contribution is 7.05. The molecule has 0 radical (unpaired) electrons. The molecule has 1 atom stereocenters. The second kappa shape index (κ2) is 5.73. The van der Waals surface area contributed by atoms with Gasteiger partial charge < -0.3 is 9.73 Å². The Hall–Kier alpha value is -1.72. The molecular weight excluding hydrogens is 270 g/mol. The average Bonchev–Trinajstić information content (AvgIpc) is 3.10. The smallest absolute Gasteiger partial charge is 0.134 e. The Labute approximate surface area is 122 Å². The van der Waals surface area contributed by atoms with Gasteiger partial charge in [-0.15, -0.1) is 5.10 Å². The lowest BCUT2D eigenvalue weighted by atomic mass is 10.1. The Morgan fingerprint density at radius 2 is 2.15 bits per heavy atom. The van der Waals surface area contributed by atoms with Gasteiger partial charge in [0, 0.05) is 5.39 Å². The fourth-order valence-electron chi connectivity index (χ4n) is 2.35. The SMILES string of the molecule is CCNC(c1cc2ccccc2o1)c1snnc1CC. The molecule has 0 saturated heterocycles. The number of benzene rings is 1. The Kier molecular flexibility index (Phi) is 3.80. The molecular formula is C15H17N3OS. The minimum atomic E-state index is 0.0300. The monoisotopic (exact) mass is 287 g/mol. The van der Waals surface area contributed by atoms with Crippen molar-refractivity contribution in [2.45, 2.75) is 26.3 Å². The van der Waals surface area contributed by atoms with E-state index in [9.17, 15) is 0 Å². The number of hydrogen-bond acceptors (Lipinski definition) is 5. The Morgan fingerprint density at radius 1 is 1.30 bits per heavy atom. The highest BCUT2D eigenvalue weighted by Gasteiger charge is 2.23. The van der Waals surface area contributed by atoms with Gasteiger partial charge in [0.05, 0.1) is 10.6 Å². The summed E-state index contributed by atoms with van der Waals surface area (Å²) in [6, 6.07) is 10.2. The van der Waals surface area contributed by atoms with Crippen molar-refractivity contribution in [1.29, 1.82) is 0 Å². The van der Waals surface area contributed by atoms with E-state index in [2.05, 4.69) is 40.9 Å². The molecule has 0 aliphatic carbocycles. The van der Waals surface area contributed by atoms with Gasteiger partial charge in [-0.1, -0.05) is 36.5 Å². The molecule has 3 aromatic rings. The summed E-state index contributed by atoms with van der Waals surface area (Å²) in [5.74, 6) is 0.925. The molecule has 3 rings (SSSR count). The molecule has 0 spiro atoms. The van der Waals surface area contributed by atoms with E-state index in [0.29, 0.717) is 0 Å². The van der Waals surface area contributed by atoms with Crippen LogP contribution >= 0.6 is 11.5 Å². The number of para-hydroxylation sites is 1. The maximum atomic E-state index is 5.99. The quantitative estimate of drug-likeness (QED) is 0.779. The standard InChI is InChI=1S/C15H17N3OS/c1-3-11-15(20-18-17-11)14(16-4-2)13-9-10-7-5-6-8-12(10)19-13/h5-9,14,16H,3-4H2,1-2H3. The molecule has 0 aliphatic rings. The number of nitrogens with one attached hydrogen (secondary N) is 1. The van der Waals surface area contributed by atoms with Gasteiger partial charge >= 0.3 is 0 Å². The number of fused-ring (bicyclic) bond motifs is 1. The van der Waals surface area contributed by atoms with Gasteiger partial charge in [0.15, 0.2) is 0 Å².